The van der Waals surface area contributed by atoms with Crippen LogP contribution in [0.25, 0.3) is 0 Å². The highest BCUT2D eigenvalue weighted by Gasteiger charge is 2.28. The van der Waals surface area contributed by atoms with Gasteiger partial charge in [0, 0.05) is 6.42 Å². The Hall–Kier alpha value is -1.28. The zero-order chi connectivity index (χ0) is 60.5. The Labute approximate surface area is 518 Å². The van der Waals surface area contributed by atoms with Crippen molar-refractivity contribution in [2.45, 2.75) is 392 Å². The molecule has 0 heterocycles. The Bertz CT molecular complexity index is 1450. The van der Waals surface area contributed by atoms with Gasteiger partial charge in [-0.3, -0.25) is 13.8 Å². The molecule has 3 unspecified atom stereocenters. The first-order valence-corrected chi connectivity index (χ1v) is 38.4. The van der Waals surface area contributed by atoms with Crippen LogP contribution in [0.1, 0.15) is 380 Å². The topological polar surface area (TPSA) is 105 Å². The Morgan fingerprint density at radius 2 is 0.663 bits per heavy atom. The summed E-state index contributed by atoms with van der Waals surface area (Å²) < 4.78 is 23.8. The Morgan fingerprint density at radius 1 is 0.398 bits per heavy atom. The number of nitrogens with one attached hydrogen (secondary N) is 1. The van der Waals surface area contributed by atoms with Gasteiger partial charge in [0.1, 0.15) is 13.2 Å². The van der Waals surface area contributed by atoms with E-state index in [0.717, 1.165) is 38.5 Å². The van der Waals surface area contributed by atoms with Crippen molar-refractivity contribution >= 4 is 13.7 Å². The van der Waals surface area contributed by atoms with Crippen molar-refractivity contribution in [2.24, 2.45) is 0 Å². The summed E-state index contributed by atoms with van der Waals surface area (Å²) in [4.78, 5) is 23.4. The predicted molar refractivity (Wildman–Crippen MR) is 365 cm³/mol. The van der Waals surface area contributed by atoms with Crippen LogP contribution in [0.4, 0.5) is 0 Å². The van der Waals surface area contributed by atoms with Crippen molar-refractivity contribution in [2.75, 3.05) is 40.9 Å². The number of carbonyl (C=O) groups excluding carboxylic acids is 1. The molecule has 0 bridgehead atoms. The van der Waals surface area contributed by atoms with E-state index in [1.54, 1.807) is 6.08 Å². The third kappa shape index (κ3) is 68.1. The quantitative estimate of drug-likeness (QED) is 0.0243. The van der Waals surface area contributed by atoms with Crippen molar-refractivity contribution in [3.8, 4) is 0 Å². The fourth-order valence-electron chi connectivity index (χ4n) is 11.4. The molecule has 0 aromatic rings. The highest BCUT2D eigenvalue weighted by Crippen LogP contribution is 2.43. The van der Waals surface area contributed by atoms with Crippen LogP contribution in [0.3, 0.4) is 0 Å². The lowest BCUT2D eigenvalue weighted by Crippen LogP contribution is -2.45. The van der Waals surface area contributed by atoms with Crippen molar-refractivity contribution in [3.63, 3.8) is 0 Å². The number of likely N-dealkylation sites (N-methyl/N-ethyl adjacent to an activating group) is 1. The van der Waals surface area contributed by atoms with Gasteiger partial charge in [-0.05, 0) is 57.8 Å². The molecule has 492 valence electrons. The summed E-state index contributed by atoms with van der Waals surface area (Å²) in [6.07, 6.45) is 87.6. The van der Waals surface area contributed by atoms with Crippen LogP contribution in [0.5, 0.6) is 0 Å². The molecule has 0 aliphatic heterocycles. The maximum absolute atomic E-state index is 13.0. The first kappa shape index (κ1) is 81.7. The fraction of sp³-hybridized carbons (Fsp3) is 0.905. The van der Waals surface area contributed by atoms with Crippen molar-refractivity contribution in [1.82, 2.24) is 5.32 Å². The van der Waals surface area contributed by atoms with Gasteiger partial charge in [-0.25, -0.2) is 4.57 Å². The largest absolute Gasteiger partial charge is 0.472 e. The normalized spacial score (nSPS) is 13.8. The summed E-state index contributed by atoms with van der Waals surface area (Å²) in [5, 5.41) is 14.0. The first-order chi connectivity index (χ1) is 40.5. The highest BCUT2D eigenvalue weighted by molar-refractivity contribution is 7.47. The molecule has 0 aliphatic rings. The fourth-order valence-corrected chi connectivity index (χ4v) is 12.1. The monoisotopic (exact) mass is 1190 g/mol. The van der Waals surface area contributed by atoms with Crippen LogP contribution in [-0.4, -0.2) is 73.4 Å². The number of aliphatic hydroxyl groups is 1. The number of amides is 1. The number of carbonyl (C=O) groups is 1. The summed E-state index contributed by atoms with van der Waals surface area (Å²) in [6, 6.07) is -0.862. The molecule has 8 nitrogen and oxygen atoms in total. The molecule has 0 spiro atoms. The average molecular weight is 1190 g/mol. The number of hydrogen-bond donors (Lipinski definition) is 3. The van der Waals surface area contributed by atoms with Crippen LogP contribution < -0.4 is 5.32 Å². The molecule has 0 fully saturated rings. The standard InChI is InChI=1S/C74H145N2O6P/c1-6-8-10-12-14-16-18-20-22-24-26-28-29-30-31-32-33-34-35-36-37-38-39-40-41-42-43-44-45-46-47-48-50-52-54-56-58-60-62-64-66-68-74(78)75-72(71-82-83(79,80)81-70-69-76(3,4)5)73(77)67-65-63-61-59-57-55-53-51-49-27-25-23-21-19-17-15-13-11-9-7-2/h24,26,57,59,65,67,72-73,77H,6-23,25,27-56,58,60-64,66,68-71H2,1-5H3,(H-,75,78,79,80)/p+1/b26-24-,59-57+,67-65+. The van der Waals surface area contributed by atoms with Crippen molar-refractivity contribution < 1.29 is 32.9 Å². The molecule has 0 saturated heterocycles. The third-order valence-electron chi connectivity index (χ3n) is 17.1. The van der Waals surface area contributed by atoms with Gasteiger partial charge in [-0.15, -0.1) is 0 Å². The Kier molecular flexibility index (Phi) is 64.2. The lowest BCUT2D eigenvalue weighted by atomic mass is 10.0. The van der Waals surface area contributed by atoms with Crippen LogP contribution >= 0.6 is 7.82 Å². The van der Waals surface area contributed by atoms with E-state index in [1.165, 1.54) is 321 Å². The van der Waals surface area contributed by atoms with Gasteiger partial charge in [-0.2, -0.15) is 0 Å². The summed E-state index contributed by atoms with van der Waals surface area (Å²) in [6.45, 7) is 4.85. The molecule has 0 aromatic heterocycles. The number of quaternary nitrogens is 1. The first-order valence-electron chi connectivity index (χ1n) is 36.9. The van der Waals surface area contributed by atoms with E-state index in [0.29, 0.717) is 17.4 Å². The average Bonchev–Trinajstić information content (AvgIpc) is 3.49. The van der Waals surface area contributed by atoms with E-state index in [4.69, 9.17) is 9.05 Å². The van der Waals surface area contributed by atoms with E-state index < -0.39 is 20.0 Å². The van der Waals surface area contributed by atoms with Gasteiger partial charge in [0.25, 0.3) is 0 Å². The summed E-state index contributed by atoms with van der Waals surface area (Å²) in [5.41, 5.74) is 0. The van der Waals surface area contributed by atoms with Crippen molar-refractivity contribution in [1.29, 1.82) is 0 Å². The van der Waals surface area contributed by atoms with E-state index in [1.807, 2.05) is 27.2 Å². The third-order valence-corrected chi connectivity index (χ3v) is 18.1. The van der Waals surface area contributed by atoms with Gasteiger partial charge in [0.2, 0.25) is 5.91 Å². The zero-order valence-electron chi connectivity index (χ0n) is 56.5. The molecule has 83 heavy (non-hydrogen) atoms. The van der Waals surface area contributed by atoms with E-state index in [-0.39, 0.29) is 19.1 Å². The molecule has 0 radical (unpaired) electrons. The second-order valence-electron chi connectivity index (χ2n) is 26.7. The number of hydrogen-bond acceptors (Lipinski definition) is 5. The maximum Gasteiger partial charge on any atom is 0.472 e. The van der Waals surface area contributed by atoms with Gasteiger partial charge in [0.05, 0.1) is 39.9 Å². The number of unbranched alkanes of at least 4 members (excludes halogenated alkanes) is 52. The zero-order valence-corrected chi connectivity index (χ0v) is 57.4. The molecule has 0 saturated carbocycles. The molecule has 1 amide bonds. The molecule has 9 heteroatoms. The minimum atomic E-state index is -4.36. The molecule has 3 atom stereocenters. The summed E-state index contributed by atoms with van der Waals surface area (Å²) in [5.74, 6) is -0.179. The smallest absolute Gasteiger partial charge is 0.387 e. The van der Waals surface area contributed by atoms with Crippen molar-refractivity contribution in [3.05, 3.63) is 36.5 Å². The van der Waals surface area contributed by atoms with Gasteiger partial charge < -0.3 is 19.8 Å². The number of allylic oxidation sites excluding steroid dienone is 5. The maximum atomic E-state index is 13.0. The number of aliphatic hydroxyl groups excluding tert-OH is 1. The molecular weight excluding hydrogens is 1040 g/mol. The lowest BCUT2D eigenvalue weighted by Gasteiger charge is -2.25. The van der Waals surface area contributed by atoms with Crippen LogP contribution in [0, 0.1) is 0 Å². The van der Waals surface area contributed by atoms with E-state index in [9.17, 15) is 19.4 Å². The molecule has 0 aromatic carbocycles. The Balaban J connectivity index is 3.90. The Morgan fingerprint density at radius 3 is 0.964 bits per heavy atom. The van der Waals surface area contributed by atoms with Crippen LogP contribution in [-0.2, 0) is 18.4 Å². The minimum Gasteiger partial charge on any atom is -0.387 e. The number of phosphoric acid groups is 1. The number of nitrogens with zero attached hydrogens (tertiary/aromatic N) is 1. The molecular formula is C74H146N2O6P+. The number of phosphoric ester groups is 1. The second kappa shape index (κ2) is 65.2. The number of rotatable bonds is 69. The van der Waals surface area contributed by atoms with Gasteiger partial charge in [-0.1, -0.05) is 352 Å². The lowest BCUT2D eigenvalue weighted by molar-refractivity contribution is -0.870. The SMILES string of the molecule is CCCCCCCCCC/C=C\CCCCCCCCCCCCCCCCCCCCCCCCCCCCCCCC(=O)NC(COP(=O)(O)OCC[N+](C)(C)C)C(O)/C=C/CC/C=C/CCCCCCCCCCCCCCCC. The highest BCUT2D eigenvalue weighted by atomic mass is 31.2. The molecule has 3 N–H and O–H groups in total. The summed E-state index contributed by atoms with van der Waals surface area (Å²) >= 11 is 0. The minimum absolute atomic E-state index is 0.0584. The molecule has 0 rings (SSSR count). The molecule has 0 aliphatic carbocycles. The predicted octanol–water partition coefficient (Wildman–Crippen LogP) is 23.6. The van der Waals surface area contributed by atoms with Crippen LogP contribution in [0.2, 0.25) is 0 Å². The van der Waals surface area contributed by atoms with Gasteiger partial charge >= 0.3 is 7.82 Å². The van der Waals surface area contributed by atoms with E-state index >= 15 is 0 Å². The van der Waals surface area contributed by atoms with E-state index in [2.05, 4.69) is 43.5 Å². The summed E-state index contributed by atoms with van der Waals surface area (Å²) in [7, 11) is 1.57. The van der Waals surface area contributed by atoms with Gasteiger partial charge in [0.15, 0.2) is 0 Å². The second-order valence-corrected chi connectivity index (χ2v) is 28.1. The van der Waals surface area contributed by atoms with Crippen LogP contribution in [0.15, 0.2) is 36.5 Å².